The smallest absolute Gasteiger partial charge is 0.416 e. The number of carbonyl (C=O) groups is 1. The number of halogens is 3. The standard InChI is InChI=1S/C24H20F3NO3S2/c1-23(2,21(29)30)33-22-28-19(15-32-22)12-13-31-20-10-8-16(9-11-20)6-7-17-4-3-5-18(14-17)24(25,26)27/h3-5,8-11,14-15H,12-13H2,1-2H3,(H,29,30). The van der Waals surface area contributed by atoms with Gasteiger partial charge < -0.3 is 9.84 Å². The van der Waals surface area contributed by atoms with E-state index in [1.807, 2.05) is 5.38 Å². The Morgan fingerprint density at radius 1 is 1.12 bits per heavy atom. The van der Waals surface area contributed by atoms with Gasteiger partial charge in [-0.2, -0.15) is 13.2 Å². The lowest BCUT2D eigenvalue weighted by molar-refractivity contribution is -0.139. The number of ether oxygens (including phenoxy) is 1. The van der Waals surface area contributed by atoms with E-state index in [1.165, 1.54) is 35.2 Å². The summed E-state index contributed by atoms with van der Waals surface area (Å²) in [7, 11) is 0. The van der Waals surface area contributed by atoms with Crippen LogP contribution in [0.15, 0.2) is 58.3 Å². The third-order valence-electron chi connectivity index (χ3n) is 4.41. The van der Waals surface area contributed by atoms with Crippen LogP contribution in [0.1, 0.15) is 36.2 Å². The van der Waals surface area contributed by atoms with Gasteiger partial charge in [-0.1, -0.05) is 29.7 Å². The summed E-state index contributed by atoms with van der Waals surface area (Å²) in [4.78, 5) is 15.7. The predicted octanol–water partition coefficient (Wildman–Crippen LogP) is 6.14. The van der Waals surface area contributed by atoms with Gasteiger partial charge in [0.25, 0.3) is 0 Å². The fourth-order valence-corrected chi connectivity index (χ4v) is 4.76. The highest BCUT2D eigenvalue weighted by atomic mass is 32.2. The molecular formula is C24H20F3NO3S2. The Balaban J connectivity index is 1.52. The molecule has 3 rings (SSSR count). The molecule has 3 aromatic rings. The minimum atomic E-state index is -4.40. The van der Waals surface area contributed by atoms with Crippen LogP contribution in [0.2, 0.25) is 0 Å². The van der Waals surface area contributed by atoms with Gasteiger partial charge in [0.1, 0.15) is 10.5 Å². The van der Waals surface area contributed by atoms with Gasteiger partial charge in [-0.15, -0.1) is 11.3 Å². The van der Waals surface area contributed by atoms with E-state index in [2.05, 4.69) is 16.8 Å². The molecule has 0 aliphatic carbocycles. The predicted molar refractivity (Wildman–Crippen MR) is 123 cm³/mol. The Morgan fingerprint density at radius 2 is 1.82 bits per heavy atom. The Morgan fingerprint density at radius 3 is 2.48 bits per heavy atom. The number of aliphatic carboxylic acids is 1. The lowest BCUT2D eigenvalue weighted by atomic mass is 10.1. The number of thioether (sulfide) groups is 1. The van der Waals surface area contributed by atoms with Crippen LogP contribution < -0.4 is 4.74 Å². The summed E-state index contributed by atoms with van der Waals surface area (Å²) in [6, 6.07) is 11.9. The number of carboxylic acids is 1. The lowest BCUT2D eigenvalue weighted by Gasteiger charge is -2.15. The van der Waals surface area contributed by atoms with Crippen LogP contribution in [-0.4, -0.2) is 27.4 Å². The van der Waals surface area contributed by atoms with Crippen LogP contribution in [0.4, 0.5) is 13.2 Å². The molecule has 1 N–H and O–H groups in total. The number of hydrogen-bond acceptors (Lipinski definition) is 5. The van der Waals surface area contributed by atoms with E-state index in [4.69, 9.17) is 4.74 Å². The van der Waals surface area contributed by atoms with E-state index in [0.29, 0.717) is 28.7 Å². The molecule has 4 nitrogen and oxygen atoms in total. The highest BCUT2D eigenvalue weighted by Gasteiger charge is 2.30. The van der Waals surface area contributed by atoms with Crippen LogP contribution >= 0.6 is 23.1 Å². The molecule has 0 saturated heterocycles. The summed E-state index contributed by atoms with van der Waals surface area (Å²) in [5.41, 5.74) is 1.04. The van der Waals surface area contributed by atoms with Gasteiger partial charge in [0.2, 0.25) is 0 Å². The Hall–Kier alpha value is -2.96. The molecule has 172 valence electrons. The van der Waals surface area contributed by atoms with E-state index >= 15 is 0 Å². The number of benzene rings is 2. The van der Waals surface area contributed by atoms with E-state index in [-0.39, 0.29) is 5.56 Å². The maximum absolute atomic E-state index is 12.8. The number of hydrogen-bond donors (Lipinski definition) is 1. The molecule has 2 aromatic carbocycles. The minimum absolute atomic E-state index is 0.290. The SMILES string of the molecule is CC(C)(Sc1nc(CCOc2ccc(C#Cc3cccc(C(F)(F)F)c3)cc2)cs1)C(=O)O. The van der Waals surface area contributed by atoms with Crippen molar-refractivity contribution >= 4 is 29.1 Å². The van der Waals surface area contributed by atoms with E-state index in [1.54, 1.807) is 38.1 Å². The fraction of sp³-hybridized carbons (Fsp3) is 0.250. The second-order valence-electron chi connectivity index (χ2n) is 7.47. The first kappa shape index (κ1) is 24.7. The average molecular weight is 492 g/mol. The third kappa shape index (κ3) is 7.27. The maximum atomic E-state index is 12.8. The number of rotatable bonds is 7. The van der Waals surface area contributed by atoms with E-state index in [0.717, 1.165) is 17.8 Å². The van der Waals surface area contributed by atoms with Crippen molar-refractivity contribution in [3.8, 4) is 17.6 Å². The summed E-state index contributed by atoms with van der Waals surface area (Å²) in [6.45, 7) is 3.67. The van der Waals surface area contributed by atoms with Crippen LogP contribution in [0.5, 0.6) is 5.75 Å². The number of carboxylic acid groups (broad SMARTS) is 1. The Bertz CT molecular complexity index is 1180. The van der Waals surface area contributed by atoms with Crippen LogP contribution in [0.3, 0.4) is 0 Å². The average Bonchev–Trinajstić information content (AvgIpc) is 3.19. The van der Waals surface area contributed by atoms with Crippen molar-refractivity contribution in [3.63, 3.8) is 0 Å². The van der Waals surface area contributed by atoms with Crippen molar-refractivity contribution in [2.75, 3.05) is 6.61 Å². The second kappa shape index (κ2) is 10.3. The zero-order valence-electron chi connectivity index (χ0n) is 17.8. The van der Waals surface area contributed by atoms with Gasteiger partial charge >= 0.3 is 12.1 Å². The van der Waals surface area contributed by atoms with Gasteiger partial charge in [0, 0.05) is 22.9 Å². The fourth-order valence-electron chi connectivity index (χ4n) is 2.54. The Labute approximate surface area is 197 Å². The summed E-state index contributed by atoms with van der Waals surface area (Å²) in [6.07, 6.45) is -3.83. The third-order valence-corrected chi connectivity index (χ3v) is 6.58. The van der Waals surface area contributed by atoms with Gasteiger partial charge in [0.15, 0.2) is 4.34 Å². The van der Waals surface area contributed by atoms with Gasteiger partial charge in [-0.05, 0) is 56.3 Å². The number of thiazole rings is 1. The van der Waals surface area contributed by atoms with Crippen molar-refractivity contribution in [1.82, 2.24) is 4.98 Å². The molecule has 33 heavy (non-hydrogen) atoms. The summed E-state index contributed by atoms with van der Waals surface area (Å²) < 4.78 is 43.8. The molecule has 0 aliphatic heterocycles. The quantitative estimate of drug-likeness (QED) is 0.318. The van der Waals surface area contributed by atoms with Crippen molar-refractivity contribution in [3.05, 3.63) is 76.3 Å². The molecule has 0 amide bonds. The molecule has 1 aromatic heterocycles. The molecule has 0 spiro atoms. The van der Waals surface area contributed by atoms with Gasteiger partial charge in [0.05, 0.1) is 17.9 Å². The van der Waals surface area contributed by atoms with E-state index in [9.17, 15) is 23.1 Å². The number of aromatic nitrogens is 1. The molecule has 1 heterocycles. The first-order valence-electron chi connectivity index (χ1n) is 9.82. The molecule has 0 unspecified atom stereocenters. The summed E-state index contributed by atoms with van der Waals surface area (Å²) >= 11 is 2.61. The number of alkyl halides is 3. The molecule has 0 aliphatic rings. The van der Waals surface area contributed by atoms with Crippen LogP contribution in [0.25, 0.3) is 0 Å². The van der Waals surface area contributed by atoms with Crippen LogP contribution in [-0.2, 0) is 17.4 Å². The van der Waals surface area contributed by atoms with Gasteiger partial charge in [-0.25, -0.2) is 4.98 Å². The Kier molecular flexibility index (Phi) is 7.72. The molecule has 0 bridgehead atoms. The van der Waals surface area contributed by atoms with E-state index < -0.39 is 22.5 Å². The molecule has 0 radical (unpaired) electrons. The van der Waals surface area contributed by atoms with Gasteiger partial charge in [-0.3, -0.25) is 4.79 Å². The first-order valence-corrected chi connectivity index (χ1v) is 11.5. The monoisotopic (exact) mass is 491 g/mol. The second-order valence-corrected chi connectivity index (χ2v) is 10.2. The van der Waals surface area contributed by atoms with Crippen molar-refractivity contribution in [2.45, 2.75) is 35.5 Å². The minimum Gasteiger partial charge on any atom is -0.493 e. The zero-order valence-corrected chi connectivity index (χ0v) is 19.4. The van der Waals surface area contributed by atoms with Crippen molar-refractivity contribution in [1.29, 1.82) is 0 Å². The molecule has 9 heteroatoms. The summed E-state index contributed by atoms with van der Waals surface area (Å²) in [5, 5.41) is 11.1. The zero-order chi connectivity index (χ0) is 24.1. The molecule has 0 saturated carbocycles. The molecule has 0 fully saturated rings. The molecule has 0 atom stereocenters. The molecular weight excluding hydrogens is 471 g/mol. The first-order chi connectivity index (χ1) is 15.5. The van der Waals surface area contributed by atoms with Crippen molar-refractivity contribution < 1.29 is 27.8 Å². The van der Waals surface area contributed by atoms with Crippen molar-refractivity contribution in [2.24, 2.45) is 0 Å². The topological polar surface area (TPSA) is 59.4 Å². The lowest BCUT2D eigenvalue weighted by Crippen LogP contribution is -2.26. The highest BCUT2D eigenvalue weighted by molar-refractivity contribution is 8.02. The number of nitrogens with zero attached hydrogens (tertiary/aromatic N) is 1. The summed E-state index contributed by atoms with van der Waals surface area (Å²) in [5.74, 6) is 5.34. The van der Waals surface area contributed by atoms with Crippen LogP contribution in [0, 0.1) is 11.8 Å². The maximum Gasteiger partial charge on any atom is 0.416 e. The normalized spacial score (nSPS) is 11.5. The largest absolute Gasteiger partial charge is 0.493 e. The highest BCUT2D eigenvalue weighted by Crippen LogP contribution is 2.34.